The van der Waals surface area contributed by atoms with Crippen LogP contribution in [0.25, 0.3) is 0 Å². The van der Waals surface area contributed by atoms with E-state index in [2.05, 4.69) is 10.3 Å². The van der Waals surface area contributed by atoms with Gasteiger partial charge in [-0.3, -0.25) is 10.1 Å². The standard InChI is InChI=1S/C20H29N3O5Si/c1-6-7-10-27-18(25)16-14(17(24)23(16)29-5)11-13-8-9-21-15(12-13)22-19(26)28-20(2,3)4/h8-9,12,14,16H,6-7,10-11H2,1-5H3,(H,21,22,26)/t14-,16+/m1/s1. The Labute approximate surface area is 174 Å². The Morgan fingerprint density at radius 1 is 1.34 bits per heavy atom. The van der Waals surface area contributed by atoms with Gasteiger partial charge in [0.15, 0.2) is 9.68 Å². The number of anilines is 1. The summed E-state index contributed by atoms with van der Waals surface area (Å²) in [5, 5.41) is 2.59. The normalized spacial score (nSPS) is 18.8. The van der Waals surface area contributed by atoms with E-state index < -0.39 is 23.7 Å². The van der Waals surface area contributed by atoms with Gasteiger partial charge in [-0.1, -0.05) is 19.9 Å². The molecule has 2 radical (unpaired) electrons. The summed E-state index contributed by atoms with van der Waals surface area (Å²) in [6.45, 7) is 9.59. The van der Waals surface area contributed by atoms with Gasteiger partial charge in [-0.25, -0.2) is 14.6 Å². The number of aromatic nitrogens is 1. The molecule has 1 aromatic heterocycles. The number of hydrogen-bond acceptors (Lipinski definition) is 6. The molecular formula is C20H29N3O5Si. The van der Waals surface area contributed by atoms with Gasteiger partial charge in [-0.05, 0) is 51.3 Å². The molecule has 1 fully saturated rings. The van der Waals surface area contributed by atoms with Crippen LogP contribution in [0.5, 0.6) is 0 Å². The lowest BCUT2D eigenvalue weighted by Crippen LogP contribution is -2.66. The van der Waals surface area contributed by atoms with Crippen LogP contribution in [0.2, 0.25) is 6.55 Å². The lowest BCUT2D eigenvalue weighted by molar-refractivity contribution is -0.167. The third-order valence-corrected chi connectivity index (χ3v) is 5.33. The summed E-state index contributed by atoms with van der Waals surface area (Å²) in [7, 11) is 0.209. The molecule has 1 N–H and O–H groups in total. The Hall–Kier alpha value is -2.42. The molecule has 2 amide bonds. The number of unbranched alkanes of at least 4 members (excludes halogenated alkanes) is 1. The number of esters is 1. The van der Waals surface area contributed by atoms with Crippen LogP contribution in [0, 0.1) is 5.92 Å². The number of nitrogens with one attached hydrogen (secondary N) is 1. The number of amides is 2. The van der Waals surface area contributed by atoms with Crippen molar-refractivity contribution in [1.29, 1.82) is 0 Å². The van der Waals surface area contributed by atoms with Crippen molar-refractivity contribution in [3.63, 3.8) is 0 Å². The fraction of sp³-hybridized carbons (Fsp3) is 0.600. The van der Waals surface area contributed by atoms with E-state index >= 15 is 0 Å². The highest BCUT2D eigenvalue weighted by Gasteiger charge is 2.51. The number of carbonyl (C=O) groups is 3. The minimum absolute atomic E-state index is 0.0539. The molecule has 1 aromatic rings. The van der Waals surface area contributed by atoms with Crippen LogP contribution in [-0.2, 0) is 25.5 Å². The SMILES string of the molecule is CCCCOC(=O)[C@@H]1[C@@H](Cc2ccnc(NC(=O)OC(C)(C)C)c2)C(=O)N1[Si]C. The Balaban J connectivity index is 2.04. The van der Waals surface area contributed by atoms with E-state index in [4.69, 9.17) is 9.47 Å². The molecule has 1 aliphatic rings. The van der Waals surface area contributed by atoms with Gasteiger partial charge in [0.05, 0.1) is 12.5 Å². The lowest BCUT2D eigenvalue weighted by Gasteiger charge is -2.45. The maximum Gasteiger partial charge on any atom is 0.413 e. The third-order valence-electron chi connectivity index (χ3n) is 4.35. The second-order valence-electron chi connectivity index (χ2n) is 7.88. The largest absolute Gasteiger partial charge is 0.464 e. The first kappa shape index (κ1) is 22.9. The zero-order valence-electron chi connectivity index (χ0n) is 17.7. The Kier molecular flexibility index (Phi) is 7.78. The summed E-state index contributed by atoms with van der Waals surface area (Å²) in [5.41, 5.74) is 0.186. The molecule has 0 unspecified atom stereocenters. The van der Waals surface area contributed by atoms with E-state index in [1.54, 1.807) is 43.7 Å². The first-order valence-electron chi connectivity index (χ1n) is 9.78. The summed E-state index contributed by atoms with van der Waals surface area (Å²) < 4.78 is 12.1. The fourth-order valence-electron chi connectivity index (χ4n) is 3.00. The van der Waals surface area contributed by atoms with E-state index in [-0.39, 0.29) is 21.6 Å². The van der Waals surface area contributed by atoms with E-state index in [9.17, 15) is 14.4 Å². The molecular weight excluding hydrogens is 390 g/mol. The van der Waals surface area contributed by atoms with Gasteiger partial charge >= 0.3 is 12.1 Å². The fourth-order valence-corrected chi connectivity index (χ4v) is 3.95. The average Bonchev–Trinajstić information content (AvgIpc) is 2.62. The summed E-state index contributed by atoms with van der Waals surface area (Å²) in [6, 6.07) is 2.90. The number of pyridine rings is 1. The van der Waals surface area contributed by atoms with Crippen molar-refractivity contribution in [3.8, 4) is 0 Å². The number of carbonyl (C=O) groups excluding carboxylic acids is 3. The van der Waals surface area contributed by atoms with Gasteiger partial charge in [0.1, 0.15) is 17.5 Å². The average molecular weight is 420 g/mol. The minimum atomic E-state index is -0.615. The van der Waals surface area contributed by atoms with Crippen LogP contribution in [-0.4, -0.2) is 55.5 Å². The number of nitrogens with zero attached hydrogens (tertiary/aromatic N) is 2. The van der Waals surface area contributed by atoms with Crippen LogP contribution in [0.1, 0.15) is 46.1 Å². The van der Waals surface area contributed by atoms with Crippen molar-refractivity contribution >= 4 is 33.5 Å². The Morgan fingerprint density at radius 3 is 2.69 bits per heavy atom. The predicted molar refractivity (Wildman–Crippen MR) is 109 cm³/mol. The summed E-state index contributed by atoms with van der Waals surface area (Å²) in [6.07, 6.45) is 3.06. The molecule has 8 nitrogen and oxygen atoms in total. The number of ether oxygens (including phenoxy) is 2. The molecule has 0 aromatic carbocycles. The summed E-state index contributed by atoms with van der Waals surface area (Å²) >= 11 is 0. The Morgan fingerprint density at radius 2 is 2.07 bits per heavy atom. The summed E-state index contributed by atoms with van der Waals surface area (Å²) in [4.78, 5) is 41.0. The van der Waals surface area contributed by atoms with Crippen LogP contribution >= 0.6 is 0 Å². The zero-order valence-corrected chi connectivity index (χ0v) is 18.7. The first-order chi connectivity index (χ1) is 13.7. The molecule has 0 spiro atoms. The maximum absolute atomic E-state index is 12.5. The minimum Gasteiger partial charge on any atom is -0.464 e. The molecule has 158 valence electrons. The van der Waals surface area contributed by atoms with Crippen LogP contribution in [0.3, 0.4) is 0 Å². The van der Waals surface area contributed by atoms with Gasteiger partial charge < -0.3 is 14.0 Å². The maximum atomic E-state index is 12.5. The van der Waals surface area contributed by atoms with Crippen LogP contribution in [0.4, 0.5) is 10.6 Å². The van der Waals surface area contributed by atoms with E-state index in [1.165, 1.54) is 0 Å². The van der Waals surface area contributed by atoms with Gasteiger partial charge in [0.2, 0.25) is 5.91 Å². The highest BCUT2D eigenvalue weighted by molar-refractivity contribution is 6.38. The van der Waals surface area contributed by atoms with Gasteiger partial charge in [0.25, 0.3) is 0 Å². The first-order valence-corrected chi connectivity index (χ1v) is 11.2. The van der Waals surface area contributed by atoms with Crippen molar-refractivity contribution in [2.45, 2.75) is 65.1 Å². The van der Waals surface area contributed by atoms with Crippen molar-refractivity contribution < 1.29 is 23.9 Å². The highest BCUT2D eigenvalue weighted by atomic mass is 28.2. The summed E-state index contributed by atoms with van der Waals surface area (Å²) in [5.74, 6) is -0.534. The molecule has 2 atom stereocenters. The van der Waals surface area contributed by atoms with Crippen molar-refractivity contribution in [2.75, 3.05) is 11.9 Å². The van der Waals surface area contributed by atoms with Crippen molar-refractivity contribution in [1.82, 2.24) is 9.55 Å². The monoisotopic (exact) mass is 419 g/mol. The molecule has 0 bridgehead atoms. The highest BCUT2D eigenvalue weighted by Crippen LogP contribution is 2.30. The molecule has 0 aliphatic carbocycles. The van der Waals surface area contributed by atoms with Crippen molar-refractivity contribution in [3.05, 3.63) is 23.9 Å². The molecule has 9 heteroatoms. The smallest absolute Gasteiger partial charge is 0.413 e. The molecule has 0 saturated carbocycles. The van der Waals surface area contributed by atoms with E-state index in [0.717, 1.165) is 18.4 Å². The number of hydrogen-bond donors (Lipinski definition) is 1. The van der Waals surface area contributed by atoms with Gasteiger partial charge in [0, 0.05) is 6.20 Å². The van der Waals surface area contributed by atoms with Crippen molar-refractivity contribution in [2.24, 2.45) is 5.92 Å². The van der Waals surface area contributed by atoms with E-state index in [1.807, 2.05) is 13.5 Å². The lowest BCUT2D eigenvalue weighted by atomic mass is 9.85. The third kappa shape index (κ3) is 6.28. The van der Waals surface area contributed by atoms with Gasteiger partial charge in [-0.15, -0.1) is 0 Å². The van der Waals surface area contributed by atoms with Crippen LogP contribution < -0.4 is 5.32 Å². The van der Waals surface area contributed by atoms with Crippen LogP contribution in [0.15, 0.2) is 18.3 Å². The number of rotatable bonds is 8. The van der Waals surface area contributed by atoms with E-state index in [0.29, 0.717) is 18.8 Å². The quantitative estimate of drug-likeness (QED) is 0.301. The van der Waals surface area contributed by atoms with Gasteiger partial charge in [-0.2, -0.15) is 0 Å². The second-order valence-corrected chi connectivity index (χ2v) is 8.81. The molecule has 2 heterocycles. The topological polar surface area (TPSA) is 97.8 Å². The second kappa shape index (κ2) is 9.86. The Bertz CT molecular complexity index is 750. The molecule has 2 rings (SSSR count). The molecule has 1 aliphatic heterocycles. The predicted octanol–water partition coefficient (Wildman–Crippen LogP) is 2.81. The zero-order chi connectivity index (χ0) is 21.6. The number of β-lactam (4-membered cyclic amide) rings is 1. The molecule has 1 saturated heterocycles. The molecule has 29 heavy (non-hydrogen) atoms.